The molecule has 4 aromatic carbocycles. The highest BCUT2D eigenvalue weighted by molar-refractivity contribution is 6.32. The van der Waals surface area contributed by atoms with Crippen LogP contribution in [-0.2, 0) is 19.8 Å². The lowest BCUT2D eigenvalue weighted by Crippen LogP contribution is -2.36. The summed E-state index contributed by atoms with van der Waals surface area (Å²) < 4.78 is 19.1. The maximum Gasteiger partial charge on any atom is 0.142 e. The quantitative estimate of drug-likeness (QED) is 0.0906. The maximum atomic E-state index is 10.4. The summed E-state index contributed by atoms with van der Waals surface area (Å²) in [6.07, 6.45) is 7.15. The Balaban J connectivity index is 1.11. The molecular formula is C46H51ClN4O4. The van der Waals surface area contributed by atoms with E-state index in [0.717, 1.165) is 76.3 Å². The molecule has 2 heterocycles. The Kier molecular flexibility index (Phi) is 14.2. The van der Waals surface area contributed by atoms with Gasteiger partial charge in [-0.2, -0.15) is 5.26 Å². The van der Waals surface area contributed by atoms with Crippen LogP contribution in [0.25, 0.3) is 11.1 Å². The SMILES string of the molecule is Cc1c(COc2cc(OCc3cncc(C#N)c3)c(CN3CCCC[C@H]3C)cc2Cl)cccc1-c1cccc(OCCCNC[C@H](O)c2ccccc2)c1C. The highest BCUT2D eigenvalue weighted by Crippen LogP contribution is 2.37. The molecule has 6 rings (SSSR count). The third kappa shape index (κ3) is 10.7. The lowest BCUT2D eigenvalue weighted by Gasteiger charge is -2.33. The number of aliphatic hydroxyl groups excluding tert-OH is 1. The number of aliphatic hydroxyl groups is 1. The molecule has 0 radical (unpaired) electrons. The molecule has 1 aromatic heterocycles. The molecule has 0 unspecified atom stereocenters. The fraction of sp³-hybridized carbons (Fsp3) is 0.348. The van der Waals surface area contributed by atoms with Crippen LogP contribution in [0.15, 0.2) is 97.3 Å². The second kappa shape index (κ2) is 19.6. The summed E-state index contributed by atoms with van der Waals surface area (Å²) in [6.45, 7) is 10.7. The summed E-state index contributed by atoms with van der Waals surface area (Å²) in [5.41, 5.74) is 8.71. The maximum absolute atomic E-state index is 10.4. The first-order chi connectivity index (χ1) is 26.8. The van der Waals surface area contributed by atoms with Crippen LogP contribution in [0.2, 0.25) is 5.02 Å². The standard InChI is InChI=1S/C46H51ClN4O4/c1-32-12-7-8-20-51(32)29-39-23-42(47)46(24-45(39)54-30-36-22-35(25-48)26-50-27-36)55-31-38-15-9-16-40(33(38)2)41-17-10-18-44(34(41)3)53-21-11-19-49-28-43(52)37-13-5-4-6-14-37/h4-6,9-10,13-18,22-24,26-27,32,43,49,52H,7-8,11-12,19-21,28-31H2,1-3H3/t32-,43+/m1/s1. The van der Waals surface area contributed by atoms with Crippen molar-refractivity contribution in [2.24, 2.45) is 0 Å². The number of nitrogens with one attached hydrogen (secondary N) is 1. The van der Waals surface area contributed by atoms with Crippen LogP contribution < -0.4 is 19.5 Å². The highest BCUT2D eigenvalue weighted by Gasteiger charge is 2.22. The zero-order valence-electron chi connectivity index (χ0n) is 32.1. The van der Waals surface area contributed by atoms with E-state index in [1.54, 1.807) is 18.5 Å². The minimum absolute atomic E-state index is 0.269. The van der Waals surface area contributed by atoms with Crippen molar-refractivity contribution < 1.29 is 19.3 Å². The van der Waals surface area contributed by atoms with Crippen molar-refractivity contribution in [2.75, 3.05) is 26.2 Å². The molecule has 0 bridgehead atoms. The zero-order chi connectivity index (χ0) is 38.6. The molecule has 0 aliphatic carbocycles. The van der Waals surface area contributed by atoms with Gasteiger partial charge in [-0.15, -0.1) is 0 Å². The van der Waals surface area contributed by atoms with Gasteiger partial charge >= 0.3 is 0 Å². The first-order valence-electron chi connectivity index (χ1n) is 19.2. The van der Waals surface area contributed by atoms with Crippen LogP contribution in [0, 0.1) is 25.2 Å². The van der Waals surface area contributed by atoms with Gasteiger partial charge in [-0.3, -0.25) is 9.88 Å². The van der Waals surface area contributed by atoms with Crippen LogP contribution in [0.3, 0.4) is 0 Å². The number of hydrogen-bond acceptors (Lipinski definition) is 8. The van der Waals surface area contributed by atoms with Gasteiger partial charge in [0, 0.05) is 48.7 Å². The van der Waals surface area contributed by atoms with Crippen LogP contribution in [0.1, 0.15) is 77.7 Å². The van der Waals surface area contributed by atoms with E-state index in [1.807, 2.05) is 54.6 Å². The number of ether oxygens (including phenoxy) is 3. The molecule has 1 saturated heterocycles. The van der Waals surface area contributed by atoms with E-state index in [0.29, 0.717) is 47.9 Å². The van der Waals surface area contributed by atoms with Crippen LogP contribution in [-0.4, -0.2) is 47.3 Å². The molecule has 55 heavy (non-hydrogen) atoms. The predicted octanol–water partition coefficient (Wildman–Crippen LogP) is 9.52. The number of piperidine rings is 1. The summed E-state index contributed by atoms with van der Waals surface area (Å²) in [6, 6.07) is 30.5. The number of hydrogen-bond donors (Lipinski definition) is 2. The second-order valence-corrected chi connectivity index (χ2v) is 14.7. The van der Waals surface area contributed by atoms with Crippen molar-refractivity contribution in [3.8, 4) is 34.4 Å². The number of rotatable bonds is 17. The molecule has 0 saturated carbocycles. The molecule has 1 fully saturated rings. The Morgan fingerprint density at radius 1 is 0.873 bits per heavy atom. The van der Waals surface area contributed by atoms with Gasteiger partial charge in [0.05, 0.1) is 23.3 Å². The molecule has 286 valence electrons. The summed E-state index contributed by atoms with van der Waals surface area (Å²) in [4.78, 5) is 6.68. The Morgan fingerprint density at radius 2 is 1.65 bits per heavy atom. The zero-order valence-corrected chi connectivity index (χ0v) is 32.8. The normalized spacial score (nSPS) is 14.9. The van der Waals surface area contributed by atoms with E-state index in [4.69, 9.17) is 25.8 Å². The predicted molar refractivity (Wildman–Crippen MR) is 219 cm³/mol. The Morgan fingerprint density at radius 3 is 2.45 bits per heavy atom. The van der Waals surface area contributed by atoms with Crippen molar-refractivity contribution in [1.29, 1.82) is 5.26 Å². The third-order valence-corrected chi connectivity index (χ3v) is 10.7. The first kappa shape index (κ1) is 39.8. The molecule has 9 heteroatoms. The Hall–Kier alpha value is -4.91. The number of nitrogens with zero attached hydrogens (tertiary/aromatic N) is 3. The van der Waals surface area contributed by atoms with Crippen molar-refractivity contribution in [3.05, 3.63) is 141 Å². The summed E-state index contributed by atoms with van der Waals surface area (Å²) in [5, 5.41) is 23.6. The number of nitriles is 1. The fourth-order valence-corrected chi connectivity index (χ4v) is 7.35. The topological polar surface area (TPSA) is 99.9 Å². The number of benzene rings is 4. The first-order valence-corrected chi connectivity index (χ1v) is 19.6. The third-order valence-electron chi connectivity index (χ3n) is 10.4. The highest BCUT2D eigenvalue weighted by atomic mass is 35.5. The lowest BCUT2D eigenvalue weighted by molar-refractivity contribution is 0.150. The van der Waals surface area contributed by atoms with E-state index in [9.17, 15) is 10.4 Å². The van der Waals surface area contributed by atoms with Gasteiger partial charge in [-0.05, 0) is 105 Å². The van der Waals surface area contributed by atoms with Crippen LogP contribution in [0.5, 0.6) is 17.2 Å². The van der Waals surface area contributed by atoms with E-state index in [1.165, 1.54) is 19.3 Å². The number of pyridine rings is 1. The van der Waals surface area contributed by atoms with Crippen molar-refractivity contribution in [2.45, 2.75) is 78.4 Å². The molecule has 5 aromatic rings. The van der Waals surface area contributed by atoms with E-state index < -0.39 is 6.10 Å². The van der Waals surface area contributed by atoms with Crippen molar-refractivity contribution >= 4 is 11.6 Å². The summed E-state index contributed by atoms with van der Waals surface area (Å²) >= 11 is 6.92. The molecule has 2 atom stereocenters. The van der Waals surface area contributed by atoms with Gasteiger partial charge in [-0.1, -0.05) is 78.7 Å². The largest absolute Gasteiger partial charge is 0.493 e. The Bertz CT molecular complexity index is 2070. The summed E-state index contributed by atoms with van der Waals surface area (Å²) in [5.74, 6) is 2.12. The molecule has 0 spiro atoms. The van der Waals surface area contributed by atoms with Crippen molar-refractivity contribution in [1.82, 2.24) is 15.2 Å². The molecule has 1 aliphatic rings. The number of aromatic nitrogens is 1. The van der Waals surface area contributed by atoms with Gasteiger partial charge in [0.15, 0.2) is 0 Å². The van der Waals surface area contributed by atoms with Gasteiger partial charge < -0.3 is 24.6 Å². The van der Waals surface area contributed by atoms with Crippen LogP contribution in [0.4, 0.5) is 0 Å². The van der Waals surface area contributed by atoms with Gasteiger partial charge in [-0.25, -0.2) is 0 Å². The van der Waals surface area contributed by atoms with Gasteiger partial charge in [0.2, 0.25) is 0 Å². The number of likely N-dealkylation sites (tertiary alicyclic amines) is 1. The molecule has 1 aliphatic heterocycles. The Labute approximate surface area is 330 Å². The van der Waals surface area contributed by atoms with Crippen molar-refractivity contribution in [3.63, 3.8) is 0 Å². The average molecular weight is 759 g/mol. The summed E-state index contributed by atoms with van der Waals surface area (Å²) in [7, 11) is 0. The monoisotopic (exact) mass is 758 g/mol. The van der Waals surface area contributed by atoms with Gasteiger partial charge in [0.25, 0.3) is 0 Å². The molecular weight excluding hydrogens is 708 g/mol. The van der Waals surface area contributed by atoms with Crippen LogP contribution >= 0.6 is 11.6 Å². The molecule has 8 nitrogen and oxygen atoms in total. The molecule has 2 N–H and O–H groups in total. The molecule has 0 amide bonds. The minimum Gasteiger partial charge on any atom is -0.493 e. The van der Waals surface area contributed by atoms with Gasteiger partial charge in [0.1, 0.15) is 36.5 Å². The number of halogens is 1. The average Bonchev–Trinajstić information content (AvgIpc) is 3.20. The lowest BCUT2D eigenvalue weighted by atomic mass is 9.93. The second-order valence-electron chi connectivity index (χ2n) is 14.3. The van der Waals surface area contributed by atoms with E-state index in [2.05, 4.69) is 66.3 Å². The minimum atomic E-state index is -0.531. The van der Waals surface area contributed by atoms with E-state index in [-0.39, 0.29) is 6.61 Å². The van der Waals surface area contributed by atoms with E-state index >= 15 is 0 Å². The smallest absolute Gasteiger partial charge is 0.142 e. The fourth-order valence-electron chi connectivity index (χ4n) is 7.11.